The minimum absolute atomic E-state index is 0.240. The highest BCUT2D eigenvalue weighted by atomic mass is 32.1. The number of carbonyl (C=O) groups is 1. The van der Waals surface area contributed by atoms with Gasteiger partial charge in [-0.05, 0) is 38.2 Å². The van der Waals surface area contributed by atoms with Crippen molar-refractivity contribution in [2.75, 3.05) is 43.4 Å². The van der Waals surface area contributed by atoms with Gasteiger partial charge in [0.15, 0.2) is 10.8 Å². The Morgan fingerprint density at radius 2 is 2.04 bits per heavy atom. The van der Waals surface area contributed by atoms with Crippen LogP contribution in [0.2, 0.25) is 0 Å². The van der Waals surface area contributed by atoms with Gasteiger partial charge in [-0.15, -0.1) is 11.3 Å². The summed E-state index contributed by atoms with van der Waals surface area (Å²) in [7, 11) is 2.13. The van der Waals surface area contributed by atoms with Crippen LogP contribution in [-0.2, 0) is 0 Å². The van der Waals surface area contributed by atoms with Gasteiger partial charge in [-0.1, -0.05) is 0 Å². The second-order valence-corrected chi connectivity index (χ2v) is 7.75. The predicted molar refractivity (Wildman–Crippen MR) is 106 cm³/mol. The first-order valence-corrected chi connectivity index (χ1v) is 9.64. The minimum Gasteiger partial charge on any atom is -0.462 e. The van der Waals surface area contributed by atoms with E-state index in [1.807, 2.05) is 25.1 Å². The van der Waals surface area contributed by atoms with Gasteiger partial charge >= 0.3 is 0 Å². The molecular formula is C19H21N5O2S. The standard InChI is InChI=1S/C19H21N5O2S/c1-13-17(22-19(27-13)15-4-3-11-26-15)18(25)21-14-5-6-16(20-12-14)24-9-7-23(2)8-10-24/h3-6,11-12H,7-10H2,1-2H3,(H,21,25). The Morgan fingerprint density at radius 1 is 1.22 bits per heavy atom. The lowest BCUT2D eigenvalue weighted by Crippen LogP contribution is -2.44. The van der Waals surface area contributed by atoms with Crippen molar-refractivity contribution < 1.29 is 9.21 Å². The summed E-state index contributed by atoms with van der Waals surface area (Å²) in [4.78, 5) is 26.9. The molecular weight excluding hydrogens is 362 g/mol. The maximum absolute atomic E-state index is 12.6. The fraction of sp³-hybridized carbons (Fsp3) is 0.316. The topological polar surface area (TPSA) is 74.5 Å². The van der Waals surface area contributed by atoms with Gasteiger partial charge in [0.1, 0.15) is 11.5 Å². The zero-order chi connectivity index (χ0) is 18.8. The third-order valence-corrected chi connectivity index (χ3v) is 5.56. The average Bonchev–Trinajstić information content (AvgIpc) is 3.33. The van der Waals surface area contributed by atoms with Crippen LogP contribution in [0.5, 0.6) is 0 Å². The first-order valence-electron chi connectivity index (χ1n) is 8.82. The van der Waals surface area contributed by atoms with Crippen LogP contribution < -0.4 is 10.2 Å². The number of anilines is 2. The minimum atomic E-state index is -0.240. The summed E-state index contributed by atoms with van der Waals surface area (Å²) >= 11 is 1.44. The van der Waals surface area contributed by atoms with Crippen LogP contribution in [-0.4, -0.2) is 54.0 Å². The number of hydrogen-bond donors (Lipinski definition) is 1. The number of nitrogens with zero attached hydrogens (tertiary/aromatic N) is 4. The van der Waals surface area contributed by atoms with E-state index in [0.717, 1.165) is 36.9 Å². The number of nitrogens with one attached hydrogen (secondary N) is 1. The zero-order valence-corrected chi connectivity index (χ0v) is 16.1. The molecule has 1 N–H and O–H groups in total. The van der Waals surface area contributed by atoms with E-state index >= 15 is 0 Å². The normalized spacial score (nSPS) is 15.1. The number of pyridine rings is 1. The third-order valence-electron chi connectivity index (χ3n) is 4.58. The number of thiazole rings is 1. The summed E-state index contributed by atoms with van der Waals surface area (Å²) in [5, 5.41) is 3.58. The van der Waals surface area contributed by atoms with Crippen molar-refractivity contribution in [1.82, 2.24) is 14.9 Å². The fourth-order valence-corrected chi connectivity index (χ4v) is 3.86. The number of likely N-dealkylation sites (N-methyl/N-ethyl adjacent to an activating group) is 1. The zero-order valence-electron chi connectivity index (χ0n) is 15.3. The molecule has 0 bridgehead atoms. The van der Waals surface area contributed by atoms with Gasteiger partial charge in [0.2, 0.25) is 0 Å². The molecule has 4 rings (SSSR count). The molecule has 0 aromatic carbocycles. The van der Waals surface area contributed by atoms with Crippen molar-refractivity contribution in [3.63, 3.8) is 0 Å². The molecule has 0 unspecified atom stereocenters. The van der Waals surface area contributed by atoms with Crippen LogP contribution in [0.25, 0.3) is 10.8 Å². The molecule has 1 aliphatic heterocycles. The molecule has 0 saturated carbocycles. The van der Waals surface area contributed by atoms with E-state index in [-0.39, 0.29) is 5.91 Å². The molecule has 27 heavy (non-hydrogen) atoms. The van der Waals surface area contributed by atoms with Crippen molar-refractivity contribution in [1.29, 1.82) is 0 Å². The second kappa shape index (κ2) is 7.50. The van der Waals surface area contributed by atoms with Gasteiger partial charge in [-0.3, -0.25) is 4.79 Å². The van der Waals surface area contributed by atoms with Crippen LogP contribution in [0.1, 0.15) is 15.4 Å². The number of rotatable bonds is 4. The van der Waals surface area contributed by atoms with E-state index < -0.39 is 0 Å². The average molecular weight is 383 g/mol. The molecule has 8 heteroatoms. The van der Waals surface area contributed by atoms with Crippen LogP contribution in [0.4, 0.5) is 11.5 Å². The Kier molecular flexibility index (Phi) is 4.91. The van der Waals surface area contributed by atoms with E-state index in [1.165, 1.54) is 11.3 Å². The van der Waals surface area contributed by atoms with Gasteiger partial charge in [-0.2, -0.15) is 0 Å². The Morgan fingerprint density at radius 3 is 2.70 bits per heavy atom. The Bertz CT molecular complexity index is 912. The van der Waals surface area contributed by atoms with Crippen LogP contribution >= 0.6 is 11.3 Å². The lowest BCUT2D eigenvalue weighted by Gasteiger charge is -2.33. The molecule has 1 fully saturated rings. The summed E-state index contributed by atoms with van der Waals surface area (Å²) in [5.74, 6) is 1.36. The lowest BCUT2D eigenvalue weighted by molar-refractivity contribution is 0.102. The first kappa shape index (κ1) is 17.7. The van der Waals surface area contributed by atoms with E-state index in [4.69, 9.17) is 4.42 Å². The number of aromatic nitrogens is 2. The number of furan rings is 1. The maximum atomic E-state index is 12.6. The Hall–Kier alpha value is -2.71. The van der Waals surface area contributed by atoms with Crippen LogP contribution in [0.15, 0.2) is 41.1 Å². The Balaban J connectivity index is 1.44. The number of amides is 1. The fourth-order valence-electron chi connectivity index (χ4n) is 2.99. The lowest BCUT2D eigenvalue weighted by atomic mass is 10.3. The van der Waals surface area contributed by atoms with Gasteiger partial charge in [-0.25, -0.2) is 9.97 Å². The summed E-state index contributed by atoms with van der Waals surface area (Å²) in [5.41, 5.74) is 1.07. The van der Waals surface area contributed by atoms with Gasteiger partial charge < -0.3 is 19.5 Å². The molecule has 0 aliphatic carbocycles. The smallest absolute Gasteiger partial charge is 0.275 e. The number of carbonyl (C=O) groups excluding carboxylic acids is 1. The van der Waals surface area contributed by atoms with E-state index in [1.54, 1.807) is 18.5 Å². The summed E-state index contributed by atoms with van der Waals surface area (Å²) < 4.78 is 5.36. The van der Waals surface area contributed by atoms with Crippen LogP contribution in [0.3, 0.4) is 0 Å². The highest BCUT2D eigenvalue weighted by Gasteiger charge is 2.19. The molecule has 3 aromatic heterocycles. The van der Waals surface area contributed by atoms with Gasteiger partial charge in [0.05, 0.1) is 18.1 Å². The Labute approximate surface area is 161 Å². The van der Waals surface area contributed by atoms with Gasteiger partial charge in [0, 0.05) is 31.1 Å². The van der Waals surface area contributed by atoms with E-state index in [9.17, 15) is 4.79 Å². The number of hydrogen-bond acceptors (Lipinski definition) is 7. The molecule has 1 amide bonds. The second-order valence-electron chi connectivity index (χ2n) is 6.55. The molecule has 4 heterocycles. The first-order chi connectivity index (χ1) is 13.1. The monoisotopic (exact) mass is 383 g/mol. The molecule has 0 atom stereocenters. The molecule has 0 spiro atoms. The van der Waals surface area contributed by atoms with E-state index in [0.29, 0.717) is 22.1 Å². The quantitative estimate of drug-likeness (QED) is 0.746. The molecule has 7 nitrogen and oxygen atoms in total. The van der Waals surface area contributed by atoms with E-state index in [2.05, 4.69) is 32.1 Å². The molecule has 0 radical (unpaired) electrons. The highest BCUT2D eigenvalue weighted by Crippen LogP contribution is 2.28. The highest BCUT2D eigenvalue weighted by molar-refractivity contribution is 7.15. The molecule has 1 saturated heterocycles. The summed E-state index contributed by atoms with van der Waals surface area (Å²) in [6.07, 6.45) is 3.29. The van der Waals surface area contributed by atoms with Crippen molar-refractivity contribution in [3.8, 4) is 10.8 Å². The predicted octanol–water partition coefficient (Wildman–Crippen LogP) is 3.11. The molecule has 1 aliphatic rings. The third kappa shape index (κ3) is 3.86. The van der Waals surface area contributed by atoms with Crippen molar-refractivity contribution in [2.45, 2.75) is 6.92 Å². The number of piperazine rings is 1. The van der Waals surface area contributed by atoms with Gasteiger partial charge in [0.25, 0.3) is 5.91 Å². The summed E-state index contributed by atoms with van der Waals surface area (Å²) in [6.45, 7) is 5.86. The largest absolute Gasteiger partial charge is 0.462 e. The molecule has 3 aromatic rings. The van der Waals surface area contributed by atoms with Crippen molar-refractivity contribution in [3.05, 3.63) is 47.3 Å². The van der Waals surface area contributed by atoms with Crippen molar-refractivity contribution >= 4 is 28.7 Å². The van der Waals surface area contributed by atoms with Crippen LogP contribution in [0, 0.1) is 6.92 Å². The number of aryl methyl sites for hydroxylation is 1. The van der Waals surface area contributed by atoms with Crippen molar-refractivity contribution in [2.24, 2.45) is 0 Å². The molecule has 140 valence electrons. The SMILES string of the molecule is Cc1sc(-c2ccco2)nc1C(=O)Nc1ccc(N2CCN(C)CC2)nc1. The maximum Gasteiger partial charge on any atom is 0.275 e. The summed E-state index contributed by atoms with van der Waals surface area (Å²) in [6, 6.07) is 7.47.